The van der Waals surface area contributed by atoms with Crippen molar-refractivity contribution in [2.75, 3.05) is 5.32 Å². The summed E-state index contributed by atoms with van der Waals surface area (Å²) in [5.41, 5.74) is 1.15. The largest absolute Gasteiger partial charge is 0.339 e. The van der Waals surface area contributed by atoms with Crippen LogP contribution in [0.15, 0.2) is 28.9 Å². The van der Waals surface area contributed by atoms with E-state index in [1.54, 1.807) is 24.3 Å². The molecule has 2 aromatic rings. The maximum absolute atomic E-state index is 9.11. The summed E-state index contributed by atoms with van der Waals surface area (Å²) in [5.74, 6) is 1.39. The molecule has 20 heavy (non-hydrogen) atoms. The molecular weight excluding hydrogens is 340 g/mol. The number of benzene rings is 1. The predicted octanol–water partition coefficient (Wildman–Crippen LogP) is 4.46. The molecule has 2 rings (SSSR count). The van der Waals surface area contributed by atoms with E-state index >= 15 is 0 Å². The lowest BCUT2D eigenvalue weighted by Crippen LogP contribution is -2.01. The molecule has 0 aliphatic rings. The molecule has 0 fully saturated rings. The Morgan fingerprint density at radius 2 is 2.15 bits per heavy atom. The van der Waals surface area contributed by atoms with Gasteiger partial charge in [0.05, 0.1) is 11.3 Å². The molecule has 1 N–H and O–H groups in total. The number of aryl methyl sites for hydroxylation is 1. The third-order valence-corrected chi connectivity index (χ3v) is 3.22. The van der Waals surface area contributed by atoms with Gasteiger partial charge in [-0.2, -0.15) is 5.26 Å². The monoisotopic (exact) mass is 350 g/mol. The standard InChI is InChI=1S/C14H12BrClN4/c1-2-3-13-19-12(15)7-14(20-13)18-11-6-10(16)5-4-9(11)8-17/h4-7H,2-3H2,1H3,(H,18,19,20). The first kappa shape index (κ1) is 14.8. The fourth-order valence-electron chi connectivity index (χ4n) is 1.72. The number of aromatic nitrogens is 2. The van der Waals surface area contributed by atoms with Crippen LogP contribution in [0.3, 0.4) is 0 Å². The van der Waals surface area contributed by atoms with Crippen LogP contribution in [0.25, 0.3) is 0 Å². The summed E-state index contributed by atoms with van der Waals surface area (Å²) < 4.78 is 0.707. The van der Waals surface area contributed by atoms with E-state index in [0.29, 0.717) is 26.7 Å². The van der Waals surface area contributed by atoms with Gasteiger partial charge in [0, 0.05) is 17.5 Å². The summed E-state index contributed by atoms with van der Waals surface area (Å²) in [6.07, 6.45) is 1.77. The SMILES string of the molecule is CCCc1nc(Br)cc(Nc2cc(Cl)ccc2C#N)n1. The van der Waals surface area contributed by atoms with Gasteiger partial charge in [-0.25, -0.2) is 9.97 Å². The zero-order valence-corrected chi connectivity index (χ0v) is 13.2. The zero-order valence-electron chi connectivity index (χ0n) is 10.8. The van der Waals surface area contributed by atoms with E-state index in [0.717, 1.165) is 18.7 Å². The van der Waals surface area contributed by atoms with Crippen molar-refractivity contribution in [3.63, 3.8) is 0 Å². The first-order valence-corrected chi connectivity index (χ1v) is 7.29. The molecular formula is C14H12BrClN4. The molecule has 0 spiro atoms. The third-order valence-electron chi connectivity index (χ3n) is 2.58. The molecule has 0 unspecified atom stereocenters. The second-order valence-corrected chi connectivity index (χ2v) is 5.42. The Bertz CT molecular complexity index is 667. The number of nitrogens with one attached hydrogen (secondary N) is 1. The van der Waals surface area contributed by atoms with Crippen molar-refractivity contribution >= 4 is 39.0 Å². The smallest absolute Gasteiger partial charge is 0.135 e. The highest BCUT2D eigenvalue weighted by molar-refractivity contribution is 9.10. The molecule has 0 bridgehead atoms. The van der Waals surface area contributed by atoms with Gasteiger partial charge < -0.3 is 5.32 Å². The normalized spacial score (nSPS) is 10.1. The molecule has 0 saturated carbocycles. The molecule has 0 aliphatic heterocycles. The molecule has 4 nitrogen and oxygen atoms in total. The first-order chi connectivity index (χ1) is 9.62. The van der Waals surface area contributed by atoms with Gasteiger partial charge in [0.1, 0.15) is 22.3 Å². The number of anilines is 2. The van der Waals surface area contributed by atoms with E-state index in [2.05, 4.69) is 44.2 Å². The number of hydrogen-bond acceptors (Lipinski definition) is 4. The van der Waals surface area contributed by atoms with E-state index in [1.807, 2.05) is 0 Å². The minimum atomic E-state index is 0.515. The molecule has 0 atom stereocenters. The highest BCUT2D eigenvalue weighted by atomic mass is 79.9. The average molecular weight is 352 g/mol. The van der Waals surface area contributed by atoms with E-state index < -0.39 is 0 Å². The second-order valence-electron chi connectivity index (χ2n) is 4.17. The van der Waals surface area contributed by atoms with E-state index in [1.165, 1.54) is 0 Å². The van der Waals surface area contributed by atoms with Crippen LogP contribution in [0.2, 0.25) is 5.02 Å². The van der Waals surface area contributed by atoms with Crippen LogP contribution >= 0.6 is 27.5 Å². The van der Waals surface area contributed by atoms with Crippen LogP contribution in [0, 0.1) is 11.3 Å². The van der Waals surface area contributed by atoms with Crippen LogP contribution in [0.1, 0.15) is 24.7 Å². The molecule has 1 aromatic heterocycles. The fourth-order valence-corrected chi connectivity index (χ4v) is 2.31. The molecule has 0 amide bonds. The molecule has 6 heteroatoms. The Morgan fingerprint density at radius 1 is 1.35 bits per heavy atom. The molecule has 0 saturated heterocycles. The predicted molar refractivity (Wildman–Crippen MR) is 83.2 cm³/mol. The van der Waals surface area contributed by atoms with Crippen LogP contribution in [0.5, 0.6) is 0 Å². The van der Waals surface area contributed by atoms with E-state index in [9.17, 15) is 0 Å². The van der Waals surface area contributed by atoms with Crippen molar-refractivity contribution in [1.82, 2.24) is 9.97 Å². The van der Waals surface area contributed by atoms with Crippen molar-refractivity contribution in [2.24, 2.45) is 0 Å². The summed E-state index contributed by atoms with van der Waals surface area (Å²) in [6, 6.07) is 8.95. The first-order valence-electron chi connectivity index (χ1n) is 6.12. The van der Waals surface area contributed by atoms with Crippen molar-refractivity contribution in [2.45, 2.75) is 19.8 Å². The Kier molecular flexibility index (Phi) is 4.94. The van der Waals surface area contributed by atoms with Gasteiger partial charge in [-0.05, 0) is 40.5 Å². The van der Waals surface area contributed by atoms with Crippen LogP contribution in [-0.4, -0.2) is 9.97 Å². The minimum Gasteiger partial charge on any atom is -0.339 e. The Labute approximate surface area is 131 Å². The van der Waals surface area contributed by atoms with Crippen LogP contribution in [0.4, 0.5) is 11.5 Å². The highest BCUT2D eigenvalue weighted by Gasteiger charge is 2.07. The minimum absolute atomic E-state index is 0.515. The third kappa shape index (κ3) is 3.69. The van der Waals surface area contributed by atoms with Gasteiger partial charge in [0.15, 0.2) is 0 Å². The van der Waals surface area contributed by atoms with Gasteiger partial charge in [0.2, 0.25) is 0 Å². The molecule has 0 aliphatic carbocycles. The lowest BCUT2D eigenvalue weighted by atomic mass is 10.2. The number of nitrogens with zero attached hydrogens (tertiary/aromatic N) is 3. The quantitative estimate of drug-likeness (QED) is 0.826. The lowest BCUT2D eigenvalue weighted by Gasteiger charge is -2.09. The summed E-state index contributed by atoms with van der Waals surface area (Å²) >= 11 is 9.33. The Morgan fingerprint density at radius 3 is 2.85 bits per heavy atom. The number of nitriles is 1. The Hall–Kier alpha value is -1.64. The molecule has 1 aromatic carbocycles. The van der Waals surface area contributed by atoms with Gasteiger partial charge in [0.25, 0.3) is 0 Å². The maximum atomic E-state index is 9.11. The topological polar surface area (TPSA) is 61.6 Å². The number of rotatable bonds is 4. The summed E-state index contributed by atoms with van der Waals surface area (Å²) in [4.78, 5) is 8.72. The Balaban J connectivity index is 2.35. The molecule has 102 valence electrons. The average Bonchev–Trinajstić information content (AvgIpc) is 2.38. The zero-order chi connectivity index (χ0) is 14.5. The van der Waals surface area contributed by atoms with Crippen LogP contribution in [-0.2, 0) is 6.42 Å². The summed E-state index contributed by atoms with van der Waals surface area (Å²) in [6.45, 7) is 2.07. The highest BCUT2D eigenvalue weighted by Crippen LogP contribution is 2.24. The van der Waals surface area contributed by atoms with Crippen molar-refractivity contribution in [1.29, 1.82) is 5.26 Å². The molecule has 1 heterocycles. The number of halogens is 2. The van der Waals surface area contributed by atoms with E-state index in [4.69, 9.17) is 16.9 Å². The van der Waals surface area contributed by atoms with Gasteiger partial charge >= 0.3 is 0 Å². The van der Waals surface area contributed by atoms with E-state index in [-0.39, 0.29) is 0 Å². The summed E-state index contributed by atoms with van der Waals surface area (Å²) in [7, 11) is 0. The summed E-state index contributed by atoms with van der Waals surface area (Å²) in [5, 5.41) is 12.8. The van der Waals surface area contributed by atoms with Crippen molar-refractivity contribution in [3.8, 4) is 6.07 Å². The fraction of sp³-hybridized carbons (Fsp3) is 0.214. The lowest BCUT2D eigenvalue weighted by molar-refractivity contribution is 0.831. The van der Waals surface area contributed by atoms with Crippen molar-refractivity contribution < 1.29 is 0 Å². The van der Waals surface area contributed by atoms with Crippen LogP contribution < -0.4 is 5.32 Å². The van der Waals surface area contributed by atoms with Gasteiger partial charge in [-0.15, -0.1) is 0 Å². The maximum Gasteiger partial charge on any atom is 0.135 e. The second kappa shape index (κ2) is 6.69. The van der Waals surface area contributed by atoms with Gasteiger partial charge in [-0.1, -0.05) is 18.5 Å². The van der Waals surface area contributed by atoms with Crippen molar-refractivity contribution in [3.05, 3.63) is 45.3 Å². The number of hydrogen-bond donors (Lipinski definition) is 1. The van der Waals surface area contributed by atoms with Gasteiger partial charge in [-0.3, -0.25) is 0 Å². The molecule has 0 radical (unpaired) electrons.